The Morgan fingerprint density at radius 3 is 2.83 bits per heavy atom. The lowest BCUT2D eigenvalue weighted by molar-refractivity contribution is -0.125. The molecule has 0 radical (unpaired) electrons. The molecule has 0 bridgehead atoms. The summed E-state index contributed by atoms with van der Waals surface area (Å²) < 4.78 is 5.27. The molecular formula is C18H20ClN3O2. The molecular weight excluding hydrogens is 326 g/mol. The number of nitrogens with one attached hydrogen (secondary N) is 3. The molecule has 3 rings (SSSR count). The second kappa shape index (κ2) is 7.66. The summed E-state index contributed by atoms with van der Waals surface area (Å²) in [5.74, 6) is 0.598. The Labute approximate surface area is 146 Å². The molecule has 1 amide bonds. The topological polar surface area (TPSA) is 62.4 Å². The summed E-state index contributed by atoms with van der Waals surface area (Å²) in [7, 11) is 1.63. The summed E-state index contributed by atoms with van der Waals surface area (Å²) in [5.41, 5.74) is 8.29. The molecule has 0 aromatic heterocycles. The van der Waals surface area contributed by atoms with Gasteiger partial charge in [0.15, 0.2) is 0 Å². The third-order valence-corrected chi connectivity index (χ3v) is 4.40. The maximum atomic E-state index is 12.6. The van der Waals surface area contributed by atoms with Crippen molar-refractivity contribution in [3.63, 3.8) is 0 Å². The molecule has 1 heterocycles. The Morgan fingerprint density at radius 1 is 1.29 bits per heavy atom. The van der Waals surface area contributed by atoms with Gasteiger partial charge in [-0.2, -0.15) is 0 Å². The number of benzene rings is 2. The molecule has 1 aliphatic rings. The second-order valence-corrected chi connectivity index (χ2v) is 6.17. The monoisotopic (exact) mass is 345 g/mol. The summed E-state index contributed by atoms with van der Waals surface area (Å²) in [4.78, 5) is 12.6. The van der Waals surface area contributed by atoms with E-state index in [2.05, 4.69) is 16.2 Å². The highest BCUT2D eigenvalue weighted by Crippen LogP contribution is 2.27. The van der Waals surface area contributed by atoms with Crippen molar-refractivity contribution < 1.29 is 9.53 Å². The van der Waals surface area contributed by atoms with Gasteiger partial charge in [0, 0.05) is 18.1 Å². The highest BCUT2D eigenvalue weighted by molar-refractivity contribution is 6.30. The molecule has 0 spiro atoms. The molecule has 2 aromatic carbocycles. The van der Waals surface area contributed by atoms with Crippen LogP contribution in [0.5, 0.6) is 5.75 Å². The molecule has 2 aromatic rings. The zero-order valence-electron chi connectivity index (χ0n) is 13.4. The number of hydrogen-bond donors (Lipinski definition) is 3. The molecule has 2 atom stereocenters. The van der Waals surface area contributed by atoms with Crippen LogP contribution in [0.4, 0.5) is 0 Å². The van der Waals surface area contributed by atoms with Crippen LogP contribution < -0.4 is 20.9 Å². The number of hydrogen-bond acceptors (Lipinski definition) is 4. The molecule has 24 heavy (non-hydrogen) atoms. The highest BCUT2D eigenvalue weighted by atomic mass is 35.5. The predicted octanol–water partition coefficient (Wildman–Crippen LogP) is 2.43. The fourth-order valence-corrected chi connectivity index (χ4v) is 2.94. The Balaban J connectivity index is 1.65. The first kappa shape index (κ1) is 16.8. The van der Waals surface area contributed by atoms with E-state index in [1.807, 2.05) is 48.5 Å². The zero-order chi connectivity index (χ0) is 16.9. The van der Waals surface area contributed by atoms with E-state index in [-0.39, 0.29) is 17.9 Å². The number of carbonyl (C=O) groups excluding carboxylic acids is 1. The van der Waals surface area contributed by atoms with Gasteiger partial charge in [-0.15, -0.1) is 0 Å². The van der Waals surface area contributed by atoms with Gasteiger partial charge < -0.3 is 10.1 Å². The fourth-order valence-electron chi connectivity index (χ4n) is 2.81. The van der Waals surface area contributed by atoms with E-state index >= 15 is 0 Å². The van der Waals surface area contributed by atoms with Crippen LogP contribution in [0.1, 0.15) is 17.2 Å². The van der Waals surface area contributed by atoms with E-state index < -0.39 is 0 Å². The Hall–Kier alpha value is -2.08. The van der Waals surface area contributed by atoms with Crippen LogP contribution >= 0.6 is 11.6 Å². The van der Waals surface area contributed by atoms with Gasteiger partial charge in [-0.05, 0) is 35.4 Å². The number of halogens is 1. The Morgan fingerprint density at radius 2 is 2.08 bits per heavy atom. The molecule has 5 nitrogen and oxygen atoms in total. The summed E-state index contributed by atoms with van der Waals surface area (Å²) in [6, 6.07) is 15.1. The number of hydrazine groups is 1. The van der Waals surface area contributed by atoms with E-state index in [1.54, 1.807) is 7.11 Å². The van der Waals surface area contributed by atoms with Crippen LogP contribution in [0.25, 0.3) is 0 Å². The van der Waals surface area contributed by atoms with Crippen molar-refractivity contribution in [2.45, 2.75) is 12.6 Å². The van der Waals surface area contributed by atoms with Gasteiger partial charge >= 0.3 is 0 Å². The first-order valence-electron chi connectivity index (χ1n) is 7.82. The van der Waals surface area contributed by atoms with Gasteiger partial charge in [-0.25, -0.2) is 5.43 Å². The average molecular weight is 346 g/mol. The van der Waals surface area contributed by atoms with Crippen LogP contribution in [0.15, 0.2) is 48.5 Å². The molecule has 126 valence electrons. The maximum Gasteiger partial charge on any atom is 0.226 e. The molecule has 0 saturated carbocycles. The molecule has 0 aliphatic carbocycles. The van der Waals surface area contributed by atoms with Crippen molar-refractivity contribution in [3.8, 4) is 5.75 Å². The summed E-state index contributed by atoms with van der Waals surface area (Å²) in [6.45, 7) is 1.06. The van der Waals surface area contributed by atoms with E-state index in [0.29, 0.717) is 18.1 Å². The van der Waals surface area contributed by atoms with E-state index in [1.165, 1.54) is 0 Å². The Bertz CT molecular complexity index is 706. The third kappa shape index (κ3) is 3.87. The van der Waals surface area contributed by atoms with Crippen LogP contribution in [-0.2, 0) is 11.3 Å². The quantitative estimate of drug-likeness (QED) is 0.779. The molecule has 2 unspecified atom stereocenters. The van der Waals surface area contributed by atoms with E-state index in [0.717, 1.165) is 16.9 Å². The smallest absolute Gasteiger partial charge is 0.226 e. The van der Waals surface area contributed by atoms with Crippen molar-refractivity contribution in [3.05, 3.63) is 64.7 Å². The second-order valence-electron chi connectivity index (χ2n) is 5.73. The van der Waals surface area contributed by atoms with Crippen LogP contribution in [0.3, 0.4) is 0 Å². The van der Waals surface area contributed by atoms with Crippen molar-refractivity contribution in [2.24, 2.45) is 5.92 Å². The lowest BCUT2D eigenvalue weighted by atomic mass is 9.94. The number of ether oxygens (including phenoxy) is 1. The molecule has 1 saturated heterocycles. The average Bonchev–Trinajstić information content (AvgIpc) is 3.11. The molecule has 6 heteroatoms. The van der Waals surface area contributed by atoms with Gasteiger partial charge in [-0.3, -0.25) is 10.2 Å². The van der Waals surface area contributed by atoms with Gasteiger partial charge in [0.2, 0.25) is 5.91 Å². The third-order valence-electron chi connectivity index (χ3n) is 4.15. The number of carbonyl (C=O) groups is 1. The van der Waals surface area contributed by atoms with Gasteiger partial charge in [0.05, 0.1) is 19.1 Å². The number of amides is 1. The normalized spacial score (nSPS) is 19.9. The molecule has 3 N–H and O–H groups in total. The lowest BCUT2D eigenvalue weighted by Crippen LogP contribution is -2.34. The van der Waals surface area contributed by atoms with Crippen molar-refractivity contribution in [1.82, 2.24) is 16.2 Å². The maximum absolute atomic E-state index is 12.6. The summed E-state index contributed by atoms with van der Waals surface area (Å²) in [5, 5.41) is 3.68. The minimum atomic E-state index is -0.190. The van der Waals surface area contributed by atoms with Crippen LogP contribution in [-0.4, -0.2) is 19.6 Å². The van der Waals surface area contributed by atoms with Gasteiger partial charge in [0.1, 0.15) is 5.75 Å². The highest BCUT2D eigenvalue weighted by Gasteiger charge is 2.33. The van der Waals surface area contributed by atoms with Crippen LogP contribution in [0, 0.1) is 5.92 Å². The molecule has 1 aliphatic heterocycles. The van der Waals surface area contributed by atoms with Crippen molar-refractivity contribution in [2.75, 3.05) is 13.7 Å². The largest absolute Gasteiger partial charge is 0.497 e. The minimum absolute atomic E-state index is 0.00951. The lowest BCUT2D eigenvalue weighted by Gasteiger charge is -2.19. The zero-order valence-corrected chi connectivity index (χ0v) is 14.1. The minimum Gasteiger partial charge on any atom is -0.497 e. The van der Waals surface area contributed by atoms with Crippen molar-refractivity contribution in [1.29, 1.82) is 0 Å². The fraction of sp³-hybridized carbons (Fsp3) is 0.278. The SMILES string of the molecule is COc1cccc(C2NNCC2C(=O)NCc2ccc(Cl)cc2)c1. The summed E-state index contributed by atoms with van der Waals surface area (Å²) in [6.07, 6.45) is 0. The first-order valence-corrected chi connectivity index (χ1v) is 8.19. The predicted molar refractivity (Wildman–Crippen MR) is 93.7 cm³/mol. The number of rotatable bonds is 5. The van der Waals surface area contributed by atoms with Crippen molar-refractivity contribution >= 4 is 17.5 Å². The first-order chi connectivity index (χ1) is 11.7. The summed E-state index contributed by atoms with van der Waals surface area (Å²) >= 11 is 5.88. The van der Waals surface area contributed by atoms with E-state index in [4.69, 9.17) is 16.3 Å². The van der Waals surface area contributed by atoms with Gasteiger partial charge in [-0.1, -0.05) is 35.9 Å². The standard InChI is InChI=1S/C18H20ClN3O2/c1-24-15-4-2-3-13(9-15)17-16(11-21-22-17)18(23)20-10-12-5-7-14(19)8-6-12/h2-9,16-17,21-22H,10-11H2,1H3,(H,20,23). The van der Waals surface area contributed by atoms with E-state index in [9.17, 15) is 4.79 Å². The van der Waals surface area contributed by atoms with Gasteiger partial charge in [0.25, 0.3) is 0 Å². The molecule has 1 fully saturated rings. The van der Waals surface area contributed by atoms with Crippen LogP contribution in [0.2, 0.25) is 5.02 Å². The Kier molecular flexibility index (Phi) is 5.35. The number of methoxy groups -OCH3 is 1.